The molecule has 0 spiro atoms. The van der Waals surface area contributed by atoms with Gasteiger partial charge in [0, 0.05) is 4.88 Å². The van der Waals surface area contributed by atoms with Gasteiger partial charge in [0.2, 0.25) is 5.91 Å². The Bertz CT molecular complexity index is 687. The van der Waals surface area contributed by atoms with Gasteiger partial charge in [-0.25, -0.2) is 4.39 Å². The lowest BCUT2D eigenvalue weighted by Gasteiger charge is -2.21. The number of carbonyl (C=O) groups is 1. The number of halogens is 3. The molecule has 1 saturated carbocycles. The second kappa shape index (κ2) is 5.52. The largest absolute Gasteiger partial charge is 0.344 e. The van der Waals surface area contributed by atoms with E-state index in [9.17, 15) is 9.18 Å². The van der Waals surface area contributed by atoms with Crippen molar-refractivity contribution < 1.29 is 9.18 Å². The van der Waals surface area contributed by atoms with Crippen LogP contribution in [0.4, 0.5) is 4.39 Å². The van der Waals surface area contributed by atoms with Gasteiger partial charge in [0.1, 0.15) is 10.2 Å². The summed E-state index contributed by atoms with van der Waals surface area (Å²) in [6, 6.07) is 9.61. The van der Waals surface area contributed by atoms with E-state index in [1.807, 2.05) is 17.5 Å². The number of hydrogen-bond donors (Lipinski definition) is 1. The Morgan fingerprint density at radius 3 is 2.45 bits per heavy atom. The summed E-state index contributed by atoms with van der Waals surface area (Å²) in [6.45, 7) is 1.75. The molecule has 6 heteroatoms. The molecule has 2 atom stereocenters. The normalized spacial score (nSPS) is 23.8. The van der Waals surface area contributed by atoms with Crippen molar-refractivity contribution in [1.82, 2.24) is 5.32 Å². The third-order valence-corrected chi connectivity index (χ3v) is 6.10. The average Bonchev–Trinajstić information content (AvgIpc) is 2.85. The van der Waals surface area contributed by atoms with Crippen molar-refractivity contribution in [2.75, 3.05) is 0 Å². The maximum Gasteiger partial charge on any atom is 0.229 e. The van der Waals surface area contributed by atoms with Crippen LogP contribution in [0.25, 0.3) is 0 Å². The molecule has 0 aliphatic heterocycles. The fourth-order valence-corrected chi connectivity index (χ4v) is 3.87. The molecule has 116 valence electrons. The van der Waals surface area contributed by atoms with Gasteiger partial charge in [-0.2, -0.15) is 0 Å². The van der Waals surface area contributed by atoms with Gasteiger partial charge in [-0.1, -0.05) is 18.2 Å². The van der Waals surface area contributed by atoms with E-state index in [0.29, 0.717) is 6.42 Å². The number of benzene rings is 1. The first-order chi connectivity index (χ1) is 10.3. The molecule has 0 radical (unpaired) electrons. The van der Waals surface area contributed by atoms with E-state index in [4.69, 9.17) is 23.2 Å². The molecule has 0 bridgehead atoms. The Kier molecular flexibility index (Phi) is 3.96. The van der Waals surface area contributed by atoms with Crippen LogP contribution < -0.4 is 5.32 Å². The smallest absolute Gasteiger partial charge is 0.229 e. The molecule has 22 heavy (non-hydrogen) atoms. The van der Waals surface area contributed by atoms with Crippen LogP contribution in [0.5, 0.6) is 0 Å². The van der Waals surface area contributed by atoms with Crippen LogP contribution in [0.3, 0.4) is 0 Å². The quantitative estimate of drug-likeness (QED) is 0.791. The van der Waals surface area contributed by atoms with Crippen LogP contribution in [0.1, 0.15) is 29.8 Å². The third-order valence-electron chi connectivity index (χ3n) is 4.07. The molecule has 3 rings (SSSR count). The number of hydrogen-bond acceptors (Lipinski definition) is 2. The Balaban J connectivity index is 1.87. The van der Waals surface area contributed by atoms with Gasteiger partial charge in [0.05, 0.1) is 11.5 Å². The van der Waals surface area contributed by atoms with Crippen molar-refractivity contribution in [3.63, 3.8) is 0 Å². The maximum atomic E-state index is 13.1. The Labute approximate surface area is 142 Å². The third kappa shape index (κ3) is 2.75. The predicted octanol–water partition coefficient (Wildman–Crippen LogP) is 4.68. The Hall–Kier alpha value is -1.10. The standard InChI is InChI=1S/C16H14Cl2FNOS/c1-15(9-16(15,17)18)14(21)20-13(12-3-2-8-22-12)10-4-6-11(19)7-5-10/h2-8,13H,9H2,1H3,(H,20,21)/t13-,15-/m0/s1. The van der Waals surface area contributed by atoms with Crippen LogP contribution in [-0.2, 0) is 4.79 Å². The fraction of sp³-hybridized carbons (Fsp3) is 0.312. The maximum absolute atomic E-state index is 13.1. The zero-order chi connectivity index (χ0) is 16.0. The summed E-state index contributed by atoms with van der Waals surface area (Å²) in [5.41, 5.74) is 0.0299. The first-order valence-corrected chi connectivity index (χ1v) is 8.45. The minimum absolute atomic E-state index is 0.194. The topological polar surface area (TPSA) is 29.1 Å². The van der Waals surface area contributed by atoms with E-state index in [2.05, 4.69) is 5.32 Å². The van der Waals surface area contributed by atoms with E-state index in [-0.39, 0.29) is 17.8 Å². The lowest BCUT2D eigenvalue weighted by Crippen LogP contribution is -2.36. The molecule has 0 saturated heterocycles. The molecule has 1 fully saturated rings. The van der Waals surface area contributed by atoms with E-state index in [1.165, 1.54) is 23.5 Å². The molecule has 2 aromatic rings. The van der Waals surface area contributed by atoms with Crippen LogP contribution >= 0.6 is 34.5 Å². The highest BCUT2D eigenvalue weighted by molar-refractivity contribution is 7.10. The van der Waals surface area contributed by atoms with Gasteiger partial charge in [0.25, 0.3) is 0 Å². The molecule has 1 aromatic carbocycles. The minimum atomic E-state index is -1.01. The number of thiophene rings is 1. The summed E-state index contributed by atoms with van der Waals surface area (Å²) < 4.78 is 12.1. The number of amides is 1. The molecule has 1 aromatic heterocycles. The summed E-state index contributed by atoms with van der Waals surface area (Å²) in [5, 5.41) is 4.93. The number of rotatable bonds is 4. The van der Waals surface area contributed by atoms with Crippen molar-refractivity contribution in [2.24, 2.45) is 5.41 Å². The van der Waals surface area contributed by atoms with Crippen molar-refractivity contribution in [3.8, 4) is 0 Å². The van der Waals surface area contributed by atoms with Crippen molar-refractivity contribution >= 4 is 40.4 Å². The highest BCUT2D eigenvalue weighted by Crippen LogP contribution is 2.64. The Morgan fingerprint density at radius 1 is 1.32 bits per heavy atom. The summed E-state index contributed by atoms with van der Waals surface area (Å²) in [6.07, 6.45) is 0.426. The predicted molar refractivity (Wildman–Crippen MR) is 87.9 cm³/mol. The monoisotopic (exact) mass is 357 g/mol. The Morgan fingerprint density at radius 2 is 1.95 bits per heavy atom. The van der Waals surface area contributed by atoms with Gasteiger partial charge >= 0.3 is 0 Å². The zero-order valence-corrected chi connectivity index (χ0v) is 14.1. The number of carbonyl (C=O) groups excluding carboxylic acids is 1. The minimum Gasteiger partial charge on any atom is -0.344 e. The molecular weight excluding hydrogens is 344 g/mol. The molecule has 1 aliphatic rings. The fourth-order valence-electron chi connectivity index (χ4n) is 2.37. The van der Waals surface area contributed by atoms with Crippen LogP contribution in [-0.4, -0.2) is 10.2 Å². The summed E-state index contributed by atoms with van der Waals surface area (Å²) >= 11 is 13.7. The van der Waals surface area contributed by atoms with E-state index < -0.39 is 9.75 Å². The lowest BCUT2D eigenvalue weighted by atomic mass is 10.0. The van der Waals surface area contributed by atoms with Gasteiger partial charge in [-0.15, -0.1) is 34.5 Å². The van der Waals surface area contributed by atoms with Crippen molar-refractivity contribution in [1.29, 1.82) is 0 Å². The van der Waals surface area contributed by atoms with Crippen molar-refractivity contribution in [2.45, 2.75) is 23.7 Å². The number of nitrogens with one attached hydrogen (secondary N) is 1. The van der Waals surface area contributed by atoms with E-state index in [0.717, 1.165) is 10.4 Å². The van der Waals surface area contributed by atoms with Crippen LogP contribution in [0.2, 0.25) is 0 Å². The molecule has 1 heterocycles. The first-order valence-electron chi connectivity index (χ1n) is 6.81. The summed E-state index contributed by atoms with van der Waals surface area (Å²) in [5.74, 6) is -0.505. The highest BCUT2D eigenvalue weighted by Gasteiger charge is 2.68. The first kappa shape index (κ1) is 15.8. The van der Waals surface area contributed by atoms with E-state index in [1.54, 1.807) is 19.1 Å². The zero-order valence-electron chi connectivity index (χ0n) is 11.8. The van der Waals surface area contributed by atoms with Crippen LogP contribution in [0.15, 0.2) is 41.8 Å². The molecule has 0 unspecified atom stereocenters. The second-order valence-corrected chi connectivity index (χ2v) is 8.15. The van der Waals surface area contributed by atoms with Gasteiger partial charge in [-0.3, -0.25) is 4.79 Å². The average molecular weight is 358 g/mol. The SMILES string of the molecule is C[C@@]1(C(=O)N[C@@H](c2ccc(F)cc2)c2cccs2)CC1(Cl)Cl. The van der Waals surface area contributed by atoms with Crippen molar-refractivity contribution in [3.05, 3.63) is 58.0 Å². The molecule has 2 nitrogen and oxygen atoms in total. The summed E-state index contributed by atoms with van der Waals surface area (Å²) in [4.78, 5) is 13.5. The molecule has 1 aliphatic carbocycles. The van der Waals surface area contributed by atoms with Gasteiger partial charge < -0.3 is 5.32 Å². The van der Waals surface area contributed by atoms with E-state index >= 15 is 0 Å². The van der Waals surface area contributed by atoms with Gasteiger partial charge in [0.15, 0.2) is 0 Å². The molecule has 1 amide bonds. The van der Waals surface area contributed by atoms with Crippen LogP contribution in [0, 0.1) is 11.2 Å². The number of alkyl halides is 2. The highest BCUT2D eigenvalue weighted by atomic mass is 35.5. The second-order valence-electron chi connectivity index (χ2n) is 5.69. The summed E-state index contributed by atoms with van der Waals surface area (Å²) in [7, 11) is 0. The molecular formula is C16H14Cl2FNOS. The molecule has 1 N–H and O–H groups in total. The lowest BCUT2D eigenvalue weighted by molar-refractivity contribution is -0.126. The van der Waals surface area contributed by atoms with Gasteiger partial charge in [-0.05, 0) is 42.5 Å².